The quantitative estimate of drug-likeness (QED) is 0.369. The van der Waals surface area contributed by atoms with Crippen LogP contribution in [0.4, 0.5) is 0 Å². The standard InChI is InChI=1S/C24H23N3O2/c1-2-29-19-13-11-18(12-14-19)17-25-26-24(28)15-16-27-22-9-5-3-7-20(22)21-8-4-6-10-23(21)27/h3-14,17H,2,15-16H2,1H3,(H,26,28)/b25-17+. The van der Waals surface area contributed by atoms with Gasteiger partial charge in [-0.3, -0.25) is 4.79 Å². The highest BCUT2D eigenvalue weighted by atomic mass is 16.5. The minimum atomic E-state index is -0.117. The molecule has 0 saturated carbocycles. The van der Waals surface area contributed by atoms with Crippen LogP contribution in [0, 0.1) is 0 Å². The Balaban J connectivity index is 1.41. The van der Waals surface area contributed by atoms with Gasteiger partial charge in [0.2, 0.25) is 5.91 Å². The molecule has 29 heavy (non-hydrogen) atoms. The predicted molar refractivity (Wildman–Crippen MR) is 117 cm³/mol. The van der Waals surface area contributed by atoms with Gasteiger partial charge in [-0.25, -0.2) is 5.43 Å². The molecule has 0 radical (unpaired) electrons. The molecule has 146 valence electrons. The lowest BCUT2D eigenvalue weighted by atomic mass is 10.2. The normalized spacial score (nSPS) is 11.3. The number of hydrogen-bond acceptors (Lipinski definition) is 3. The smallest absolute Gasteiger partial charge is 0.241 e. The fraction of sp³-hybridized carbons (Fsp3) is 0.167. The number of nitrogens with one attached hydrogen (secondary N) is 1. The summed E-state index contributed by atoms with van der Waals surface area (Å²) < 4.78 is 7.61. The Bertz CT molecular complexity index is 1110. The first-order valence-corrected chi connectivity index (χ1v) is 9.77. The Labute approximate surface area is 169 Å². The van der Waals surface area contributed by atoms with Crippen molar-refractivity contribution in [1.29, 1.82) is 0 Å². The molecular weight excluding hydrogens is 362 g/mol. The number of carbonyl (C=O) groups is 1. The van der Waals surface area contributed by atoms with E-state index >= 15 is 0 Å². The van der Waals surface area contributed by atoms with E-state index in [-0.39, 0.29) is 5.91 Å². The number of para-hydroxylation sites is 2. The number of nitrogens with zero attached hydrogens (tertiary/aromatic N) is 2. The van der Waals surface area contributed by atoms with Crippen LogP contribution in [-0.4, -0.2) is 23.3 Å². The molecule has 5 nitrogen and oxygen atoms in total. The van der Waals surface area contributed by atoms with E-state index in [2.05, 4.69) is 39.4 Å². The monoisotopic (exact) mass is 385 g/mol. The fourth-order valence-corrected chi connectivity index (χ4v) is 3.51. The summed E-state index contributed by atoms with van der Waals surface area (Å²) in [5.74, 6) is 0.703. The molecule has 1 aromatic heterocycles. The van der Waals surface area contributed by atoms with Crippen molar-refractivity contribution < 1.29 is 9.53 Å². The van der Waals surface area contributed by atoms with Crippen molar-refractivity contribution in [3.8, 4) is 5.75 Å². The number of benzene rings is 3. The molecule has 0 aliphatic rings. The zero-order chi connectivity index (χ0) is 20.1. The summed E-state index contributed by atoms with van der Waals surface area (Å²) in [5, 5.41) is 6.48. The van der Waals surface area contributed by atoms with Gasteiger partial charge in [0.25, 0.3) is 0 Å². The summed E-state index contributed by atoms with van der Waals surface area (Å²) in [6, 6.07) is 24.1. The number of carbonyl (C=O) groups excluding carboxylic acids is 1. The van der Waals surface area contributed by atoms with Crippen LogP contribution in [0.25, 0.3) is 21.8 Å². The summed E-state index contributed by atoms with van der Waals surface area (Å²) in [6.45, 7) is 3.18. The van der Waals surface area contributed by atoms with Crippen molar-refractivity contribution in [3.63, 3.8) is 0 Å². The number of ether oxygens (including phenoxy) is 1. The lowest BCUT2D eigenvalue weighted by Crippen LogP contribution is -2.19. The Kier molecular flexibility index (Phi) is 5.56. The molecule has 1 heterocycles. The molecule has 4 aromatic rings. The zero-order valence-corrected chi connectivity index (χ0v) is 16.3. The second kappa shape index (κ2) is 8.61. The topological polar surface area (TPSA) is 55.6 Å². The van der Waals surface area contributed by atoms with Crippen molar-refractivity contribution in [2.45, 2.75) is 19.9 Å². The summed E-state index contributed by atoms with van der Waals surface area (Å²) >= 11 is 0. The zero-order valence-electron chi connectivity index (χ0n) is 16.3. The number of hydrazone groups is 1. The molecule has 3 aromatic carbocycles. The van der Waals surface area contributed by atoms with Gasteiger partial charge in [0.1, 0.15) is 5.75 Å². The van der Waals surface area contributed by atoms with Gasteiger partial charge in [-0.2, -0.15) is 5.10 Å². The third-order valence-electron chi connectivity index (χ3n) is 4.84. The molecule has 0 unspecified atom stereocenters. The summed E-state index contributed by atoms with van der Waals surface area (Å²) in [4.78, 5) is 12.3. The first-order chi connectivity index (χ1) is 14.3. The number of hydrogen-bond donors (Lipinski definition) is 1. The molecule has 0 aliphatic carbocycles. The molecule has 0 bridgehead atoms. The molecule has 0 fully saturated rings. The highest BCUT2D eigenvalue weighted by Gasteiger charge is 2.10. The van der Waals surface area contributed by atoms with Crippen LogP contribution >= 0.6 is 0 Å². The third-order valence-corrected chi connectivity index (χ3v) is 4.84. The van der Waals surface area contributed by atoms with E-state index in [0.29, 0.717) is 19.6 Å². The molecule has 1 amide bonds. The van der Waals surface area contributed by atoms with Gasteiger partial charge in [0, 0.05) is 34.8 Å². The average Bonchev–Trinajstić information content (AvgIpc) is 3.08. The minimum Gasteiger partial charge on any atom is -0.494 e. The molecule has 0 aliphatic heterocycles. The van der Waals surface area contributed by atoms with Crippen molar-refractivity contribution in [2.24, 2.45) is 5.10 Å². The SMILES string of the molecule is CCOc1ccc(/C=N/NC(=O)CCn2c3ccccc3c3ccccc32)cc1. The van der Waals surface area contributed by atoms with E-state index in [4.69, 9.17) is 4.74 Å². The maximum Gasteiger partial charge on any atom is 0.241 e. The van der Waals surface area contributed by atoms with Gasteiger partial charge in [-0.1, -0.05) is 36.4 Å². The maximum atomic E-state index is 12.3. The van der Waals surface area contributed by atoms with Crippen molar-refractivity contribution >= 4 is 33.9 Å². The highest BCUT2D eigenvalue weighted by Crippen LogP contribution is 2.28. The van der Waals surface area contributed by atoms with Crippen molar-refractivity contribution in [2.75, 3.05) is 6.61 Å². The molecule has 5 heteroatoms. The van der Waals surface area contributed by atoms with Crippen LogP contribution in [0.5, 0.6) is 5.75 Å². The van der Waals surface area contributed by atoms with Crippen molar-refractivity contribution in [1.82, 2.24) is 9.99 Å². The van der Waals surface area contributed by atoms with Gasteiger partial charge < -0.3 is 9.30 Å². The Morgan fingerprint density at radius 1 is 0.966 bits per heavy atom. The van der Waals surface area contributed by atoms with Gasteiger partial charge in [0.05, 0.1) is 12.8 Å². The van der Waals surface area contributed by atoms with Gasteiger partial charge >= 0.3 is 0 Å². The van der Waals surface area contributed by atoms with Crippen LogP contribution in [0.3, 0.4) is 0 Å². The number of aromatic nitrogens is 1. The van der Waals surface area contributed by atoms with Gasteiger partial charge in [-0.15, -0.1) is 0 Å². The highest BCUT2D eigenvalue weighted by molar-refractivity contribution is 6.08. The lowest BCUT2D eigenvalue weighted by molar-refractivity contribution is -0.121. The molecule has 0 atom stereocenters. The average molecular weight is 385 g/mol. The number of rotatable bonds is 7. The Hall–Kier alpha value is -3.60. The largest absolute Gasteiger partial charge is 0.494 e. The summed E-state index contributed by atoms with van der Waals surface area (Å²) in [5.41, 5.74) is 5.79. The second-order valence-electron chi connectivity index (χ2n) is 6.73. The Morgan fingerprint density at radius 2 is 1.59 bits per heavy atom. The van der Waals surface area contributed by atoms with E-state index in [0.717, 1.165) is 22.3 Å². The molecular formula is C24H23N3O2. The van der Waals surface area contributed by atoms with Crippen LogP contribution in [-0.2, 0) is 11.3 Å². The molecule has 1 N–H and O–H groups in total. The maximum absolute atomic E-state index is 12.3. The number of fused-ring (bicyclic) bond motifs is 3. The van der Waals surface area contributed by atoms with E-state index < -0.39 is 0 Å². The number of aryl methyl sites for hydroxylation is 1. The van der Waals surface area contributed by atoms with E-state index in [1.807, 2.05) is 55.5 Å². The van der Waals surface area contributed by atoms with Gasteiger partial charge in [0.15, 0.2) is 0 Å². The van der Waals surface area contributed by atoms with E-state index in [9.17, 15) is 4.79 Å². The predicted octanol–water partition coefficient (Wildman–Crippen LogP) is 4.73. The van der Waals surface area contributed by atoms with Crippen LogP contribution < -0.4 is 10.2 Å². The summed E-state index contributed by atoms with van der Waals surface area (Å²) in [7, 11) is 0. The van der Waals surface area contributed by atoms with E-state index in [1.165, 1.54) is 10.8 Å². The first-order valence-electron chi connectivity index (χ1n) is 9.77. The number of amides is 1. The molecule has 0 saturated heterocycles. The van der Waals surface area contributed by atoms with Gasteiger partial charge in [-0.05, 0) is 48.9 Å². The lowest BCUT2D eigenvalue weighted by Gasteiger charge is -2.06. The molecule has 4 rings (SSSR count). The van der Waals surface area contributed by atoms with Crippen LogP contribution in [0.2, 0.25) is 0 Å². The Morgan fingerprint density at radius 3 is 2.21 bits per heavy atom. The van der Waals surface area contributed by atoms with Crippen LogP contribution in [0.15, 0.2) is 77.9 Å². The van der Waals surface area contributed by atoms with E-state index in [1.54, 1.807) is 6.21 Å². The third kappa shape index (κ3) is 4.14. The van der Waals surface area contributed by atoms with Crippen molar-refractivity contribution in [3.05, 3.63) is 78.4 Å². The fourth-order valence-electron chi connectivity index (χ4n) is 3.51. The minimum absolute atomic E-state index is 0.117. The second-order valence-corrected chi connectivity index (χ2v) is 6.73. The molecule has 0 spiro atoms. The summed E-state index contributed by atoms with van der Waals surface area (Å²) in [6.07, 6.45) is 1.98. The first kappa shape index (κ1) is 18.7. The van der Waals surface area contributed by atoms with Crippen LogP contribution in [0.1, 0.15) is 18.9 Å².